The summed E-state index contributed by atoms with van der Waals surface area (Å²) < 4.78 is 2.21. The van der Waals surface area contributed by atoms with Crippen LogP contribution in [0.15, 0.2) is 72.8 Å². The van der Waals surface area contributed by atoms with Gasteiger partial charge in [-0.1, -0.05) is 66.4 Å². The predicted molar refractivity (Wildman–Crippen MR) is 145 cm³/mol. The van der Waals surface area contributed by atoms with Gasteiger partial charge in [-0.25, -0.2) is 0 Å². The van der Waals surface area contributed by atoms with Crippen molar-refractivity contribution in [3.05, 3.63) is 78.4 Å². The Morgan fingerprint density at radius 2 is 1.74 bits per heavy atom. The Morgan fingerprint density at radius 1 is 1.00 bits per heavy atom. The van der Waals surface area contributed by atoms with Crippen LogP contribution in [-0.2, 0) is 16.1 Å². The summed E-state index contributed by atoms with van der Waals surface area (Å²) in [7, 11) is 0. The summed E-state index contributed by atoms with van der Waals surface area (Å²) in [4.78, 5) is 24.7. The van der Waals surface area contributed by atoms with Gasteiger partial charge in [0.2, 0.25) is 0 Å². The van der Waals surface area contributed by atoms with Crippen molar-refractivity contribution in [3.8, 4) is 11.3 Å². The number of aromatic nitrogens is 1. The van der Waals surface area contributed by atoms with Crippen molar-refractivity contribution in [2.45, 2.75) is 13.0 Å². The molecule has 6 nitrogen and oxygen atoms in total. The average molecular weight is 535 g/mol. The number of thioether (sulfide) groups is 1. The minimum Gasteiger partial charge on any atom is -0.379 e. The molecule has 0 saturated heterocycles. The Balaban J connectivity index is 0.00000274. The highest BCUT2D eigenvalue weighted by Gasteiger charge is 2.29. The Kier molecular flexibility index (Phi) is 6.90. The highest BCUT2D eigenvalue weighted by atomic mass is 79.9. The molecule has 0 bridgehead atoms. The molecule has 0 fully saturated rings. The van der Waals surface area contributed by atoms with Crippen molar-refractivity contribution >= 4 is 73.0 Å². The van der Waals surface area contributed by atoms with E-state index in [1.807, 2.05) is 36.4 Å². The summed E-state index contributed by atoms with van der Waals surface area (Å²) in [6, 6.07) is 22.4. The zero-order valence-electron chi connectivity index (χ0n) is 18.2. The number of nitrogens with one attached hydrogen (secondary N) is 2. The van der Waals surface area contributed by atoms with E-state index in [9.17, 15) is 9.59 Å². The van der Waals surface area contributed by atoms with E-state index in [0.717, 1.165) is 50.7 Å². The van der Waals surface area contributed by atoms with Crippen molar-refractivity contribution in [3.63, 3.8) is 0 Å². The number of carbonyl (C=O) groups is 2. The summed E-state index contributed by atoms with van der Waals surface area (Å²) in [5.41, 5.74) is 9.54. The van der Waals surface area contributed by atoms with Crippen LogP contribution in [-0.4, -0.2) is 27.3 Å². The number of benzene rings is 3. The fourth-order valence-corrected chi connectivity index (χ4v) is 4.94. The molecule has 3 aromatic carbocycles. The van der Waals surface area contributed by atoms with Crippen LogP contribution in [0.4, 0.5) is 0 Å². The molecule has 8 heteroatoms. The Hall–Kier alpha value is -3.36. The van der Waals surface area contributed by atoms with Crippen LogP contribution in [0, 0.1) is 5.41 Å². The Labute approximate surface area is 211 Å². The fourth-order valence-electron chi connectivity index (χ4n) is 4.45. The number of nitrogens with zero attached hydrogens (tertiary/aromatic N) is 1. The Bertz CT molecular complexity index is 1470. The van der Waals surface area contributed by atoms with Crippen LogP contribution in [0.25, 0.3) is 38.5 Å². The molecule has 0 atom stereocenters. The molecule has 5 rings (SSSR count). The molecule has 172 valence electrons. The standard InChI is InChI=1S/C26H22N4O2S.BrH/c27-26(28)33-13-5-12-30-21-9-4-3-8-19(21)23(20-15-22(31)29-25(20)32)24(30)18-11-10-16-6-1-2-7-17(16)14-18;/h1-4,6-11,14-15H,5,12-13H2,(H3,27,28)(H,29,31,32);1H. The zero-order chi connectivity index (χ0) is 22.9. The van der Waals surface area contributed by atoms with E-state index in [1.165, 1.54) is 17.8 Å². The van der Waals surface area contributed by atoms with Gasteiger partial charge in [0.05, 0.1) is 11.3 Å². The van der Waals surface area contributed by atoms with Crippen molar-refractivity contribution in [1.82, 2.24) is 9.88 Å². The van der Waals surface area contributed by atoms with Gasteiger partial charge in [-0.3, -0.25) is 20.3 Å². The van der Waals surface area contributed by atoms with Gasteiger partial charge < -0.3 is 10.3 Å². The predicted octanol–water partition coefficient (Wildman–Crippen LogP) is 5.10. The van der Waals surface area contributed by atoms with Gasteiger partial charge in [0.15, 0.2) is 5.17 Å². The number of imide groups is 1. The van der Waals surface area contributed by atoms with Crippen LogP contribution in [0.5, 0.6) is 0 Å². The lowest BCUT2D eigenvalue weighted by atomic mass is 9.97. The van der Waals surface area contributed by atoms with Gasteiger partial charge in [-0.15, -0.1) is 17.0 Å². The molecule has 1 aromatic heterocycles. The molecule has 34 heavy (non-hydrogen) atoms. The third kappa shape index (κ3) is 4.38. The van der Waals surface area contributed by atoms with E-state index in [2.05, 4.69) is 40.2 Å². The number of rotatable bonds is 6. The molecule has 1 aliphatic heterocycles. The topological polar surface area (TPSA) is 101 Å². The van der Waals surface area contributed by atoms with Crippen LogP contribution >= 0.6 is 28.7 Å². The summed E-state index contributed by atoms with van der Waals surface area (Å²) >= 11 is 1.32. The third-order valence-electron chi connectivity index (χ3n) is 5.80. The molecule has 0 radical (unpaired) electrons. The first-order valence-corrected chi connectivity index (χ1v) is 11.7. The van der Waals surface area contributed by atoms with Gasteiger partial charge in [0, 0.05) is 34.8 Å². The van der Waals surface area contributed by atoms with Crippen LogP contribution < -0.4 is 11.1 Å². The van der Waals surface area contributed by atoms with E-state index >= 15 is 0 Å². The minimum absolute atomic E-state index is 0. The van der Waals surface area contributed by atoms with E-state index in [1.54, 1.807) is 0 Å². The molecule has 4 N–H and O–H groups in total. The summed E-state index contributed by atoms with van der Waals surface area (Å²) in [5, 5.41) is 13.1. The molecule has 0 unspecified atom stereocenters. The summed E-state index contributed by atoms with van der Waals surface area (Å²) in [6.45, 7) is 0.686. The van der Waals surface area contributed by atoms with Crippen molar-refractivity contribution in [2.24, 2.45) is 5.73 Å². The molecule has 1 aliphatic rings. The Morgan fingerprint density at radius 3 is 2.47 bits per heavy atom. The molecule has 2 amide bonds. The normalized spacial score (nSPS) is 13.1. The van der Waals surface area contributed by atoms with Gasteiger partial charge in [-0.05, 0) is 34.9 Å². The fraction of sp³-hybridized carbons (Fsp3) is 0.115. The van der Waals surface area contributed by atoms with Crippen molar-refractivity contribution < 1.29 is 9.59 Å². The number of aryl methyl sites for hydroxylation is 1. The molecule has 4 aromatic rings. The maximum absolute atomic E-state index is 12.7. The number of para-hydroxylation sites is 1. The van der Waals surface area contributed by atoms with E-state index in [0.29, 0.717) is 12.1 Å². The summed E-state index contributed by atoms with van der Waals surface area (Å²) in [6.07, 6.45) is 2.19. The largest absolute Gasteiger partial charge is 0.379 e. The van der Waals surface area contributed by atoms with Gasteiger partial charge in [-0.2, -0.15) is 0 Å². The van der Waals surface area contributed by atoms with Crippen LogP contribution in [0.2, 0.25) is 0 Å². The molecule has 0 aliphatic carbocycles. The lowest BCUT2D eigenvalue weighted by Crippen LogP contribution is -2.21. The monoisotopic (exact) mass is 534 g/mol. The number of hydrogen-bond acceptors (Lipinski definition) is 4. The summed E-state index contributed by atoms with van der Waals surface area (Å²) in [5.74, 6) is -0.0538. The number of nitrogens with two attached hydrogens (primary N) is 1. The highest BCUT2D eigenvalue weighted by molar-refractivity contribution is 8.93. The highest BCUT2D eigenvalue weighted by Crippen LogP contribution is 2.40. The molecular weight excluding hydrogens is 512 g/mol. The quantitative estimate of drug-likeness (QED) is 0.139. The van der Waals surface area contributed by atoms with Crippen LogP contribution in [0.1, 0.15) is 12.0 Å². The van der Waals surface area contributed by atoms with Gasteiger partial charge in [0.25, 0.3) is 11.8 Å². The average Bonchev–Trinajstić information content (AvgIpc) is 3.32. The lowest BCUT2D eigenvalue weighted by molar-refractivity contribution is -0.123. The van der Waals surface area contributed by atoms with E-state index < -0.39 is 5.91 Å². The SMILES string of the molecule is Br.N=C(N)SCCCn1c(-c2ccc3ccccc3c2)c(C2=CC(=O)NC2=O)c2ccccc21. The second kappa shape index (κ2) is 9.87. The maximum Gasteiger partial charge on any atom is 0.259 e. The smallest absolute Gasteiger partial charge is 0.259 e. The third-order valence-corrected chi connectivity index (χ3v) is 6.61. The second-order valence-corrected chi connectivity index (χ2v) is 9.03. The van der Waals surface area contributed by atoms with E-state index in [4.69, 9.17) is 11.1 Å². The number of halogens is 1. The number of carbonyl (C=O) groups excluding carboxylic acids is 2. The number of amides is 2. The van der Waals surface area contributed by atoms with Crippen LogP contribution in [0.3, 0.4) is 0 Å². The maximum atomic E-state index is 12.7. The van der Waals surface area contributed by atoms with Gasteiger partial charge in [0.1, 0.15) is 0 Å². The first-order chi connectivity index (χ1) is 16.0. The first-order valence-electron chi connectivity index (χ1n) is 10.7. The molecule has 0 spiro atoms. The molecule has 2 heterocycles. The number of fused-ring (bicyclic) bond motifs is 2. The van der Waals surface area contributed by atoms with Crippen molar-refractivity contribution in [1.29, 1.82) is 5.41 Å². The minimum atomic E-state index is -0.394. The molecule has 0 saturated carbocycles. The first kappa shape index (κ1) is 23.8. The number of amidine groups is 1. The molecular formula is C26H23BrN4O2S. The lowest BCUT2D eigenvalue weighted by Gasteiger charge is -2.14. The van der Waals surface area contributed by atoms with Gasteiger partial charge >= 0.3 is 0 Å². The second-order valence-electron chi connectivity index (χ2n) is 7.90. The number of hydrogen-bond donors (Lipinski definition) is 3. The van der Waals surface area contributed by atoms with Crippen molar-refractivity contribution in [2.75, 3.05) is 5.75 Å². The van der Waals surface area contributed by atoms with E-state index in [-0.39, 0.29) is 28.1 Å². The zero-order valence-corrected chi connectivity index (χ0v) is 20.7.